The fraction of sp³-hybridized carbons (Fsp3) is 0.368. The standard InChI is InChI=1S/C19H19F2N3O/c20-15-7-14(8-16(21)9-15)19(25)23-18-13-3-5-24(11-13)17(18)6-12-2-1-4-22-10-12/h1-2,4,7-10,13,17-18H,3,5-6,11H2,(H,23,25)/t13?,17-,18+/m0/s1. The Morgan fingerprint density at radius 1 is 1.28 bits per heavy atom. The summed E-state index contributed by atoms with van der Waals surface area (Å²) in [5.74, 6) is -1.53. The topological polar surface area (TPSA) is 45.2 Å². The number of hydrogen-bond donors (Lipinski definition) is 1. The van der Waals surface area contributed by atoms with Gasteiger partial charge in [0, 0.05) is 42.7 Å². The molecule has 4 atom stereocenters. The minimum atomic E-state index is -0.742. The van der Waals surface area contributed by atoms with E-state index in [1.165, 1.54) is 0 Å². The highest BCUT2D eigenvalue weighted by atomic mass is 19.1. The Morgan fingerprint density at radius 3 is 2.80 bits per heavy atom. The van der Waals surface area contributed by atoms with E-state index in [1.54, 1.807) is 6.20 Å². The van der Waals surface area contributed by atoms with Gasteiger partial charge >= 0.3 is 0 Å². The van der Waals surface area contributed by atoms with Crippen molar-refractivity contribution in [3.8, 4) is 0 Å². The minimum Gasteiger partial charge on any atom is -0.347 e. The molecule has 25 heavy (non-hydrogen) atoms. The molecule has 2 fully saturated rings. The van der Waals surface area contributed by atoms with Crippen LogP contribution in [0.15, 0.2) is 42.7 Å². The Balaban J connectivity index is 1.52. The zero-order chi connectivity index (χ0) is 17.4. The predicted molar refractivity (Wildman–Crippen MR) is 89.0 cm³/mol. The molecule has 1 aromatic heterocycles. The van der Waals surface area contributed by atoms with Gasteiger partial charge in [-0.1, -0.05) is 6.07 Å². The number of fused-ring (bicyclic) bond motifs is 2. The number of carbonyl (C=O) groups is 1. The Bertz CT molecular complexity index is 763. The van der Waals surface area contributed by atoms with Crippen LogP contribution in [-0.4, -0.2) is 41.0 Å². The van der Waals surface area contributed by atoms with Gasteiger partial charge in [0.15, 0.2) is 0 Å². The first kappa shape index (κ1) is 16.1. The zero-order valence-electron chi connectivity index (χ0n) is 13.7. The molecule has 2 aromatic rings. The quantitative estimate of drug-likeness (QED) is 0.927. The number of amides is 1. The molecule has 4 nitrogen and oxygen atoms in total. The van der Waals surface area contributed by atoms with Crippen molar-refractivity contribution in [2.24, 2.45) is 5.92 Å². The number of nitrogens with zero attached hydrogens (tertiary/aromatic N) is 2. The molecule has 2 saturated heterocycles. The van der Waals surface area contributed by atoms with Crippen LogP contribution in [-0.2, 0) is 6.42 Å². The summed E-state index contributed by atoms with van der Waals surface area (Å²) in [5.41, 5.74) is 1.14. The Morgan fingerprint density at radius 2 is 2.08 bits per heavy atom. The normalized spacial score (nSPS) is 27.4. The summed E-state index contributed by atoms with van der Waals surface area (Å²) in [6, 6.07) is 7.01. The van der Waals surface area contributed by atoms with Crippen LogP contribution in [0.2, 0.25) is 0 Å². The van der Waals surface area contributed by atoms with E-state index in [4.69, 9.17) is 0 Å². The molecule has 2 unspecified atom stereocenters. The first-order valence-corrected chi connectivity index (χ1v) is 8.50. The van der Waals surface area contributed by atoms with Crippen LogP contribution in [0.1, 0.15) is 22.3 Å². The second kappa shape index (κ2) is 6.52. The van der Waals surface area contributed by atoms with E-state index >= 15 is 0 Å². The zero-order valence-corrected chi connectivity index (χ0v) is 13.7. The van der Waals surface area contributed by atoms with Crippen molar-refractivity contribution in [1.82, 2.24) is 15.2 Å². The van der Waals surface area contributed by atoms with Gasteiger partial charge < -0.3 is 5.32 Å². The van der Waals surface area contributed by atoms with Gasteiger partial charge in [-0.25, -0.2) is 8.78 Å². The Labute approximate surface area is 144 Å². The van der Waals surface area contributed by atoms with Gasteiger partial charge in [0.25, 0.3) is 5.91 Å². The van der Waals surface area contributed by atoms with Crippen LogP contribution in [0.4, 0.5) is 8.78 Å². The number of rotatable bonds is 4. The van der Waals surface area contributed by atoms with Gasteiger partial charge in [-0.15, -0.1) is 0 Å². The van der Waals surface area contributed by atoms with Crippen molar-refractivity contribution in [2.45, 2.75) is 24.9 Å². The maximum absolute atomic E-state index is 13.4. The molecule has 2 aliphatic rings. The number of hydrogen-bond acceptors (Lipinski definition) is 3. The van der Waals surface area contributed by atoms with E-state index in [2.05, 4.69) is 15.2 Å². The highest BCUT2D eigenvalue weighted by Crippen LogP contribution is 2.35. The van der Waals surface area contributed by atoms with Crippen molar-refractivity contribution in [3.05, 3.63) is 65.5 Å². The third-order valence-corrected chi connectivity index (χ3v) is 5.24. The highest BCUT2D eigenvalue weighted by molar-refractivity contribution is 5.94. The molecule has 1 N–H and O–H groups in total. The predicted octanol–water partition coefficient (Wildman–Crippen LogP) is 2.41. The average Bonchev–Trinajstić information content (AvgIpc) is 3.18. The maximum Gasteiger partial charge on any atom is 0.251 e. The molecule has 2 aliphatic heterocycles. The molecule has 1 amide bonds. The second-order valence-electron chi connectivity index (χ2n) is 6.83. The van der Waals surface area contributed by atoms with E-state index in [1.807, 2.05) is 18.3 Å². The second-order valence-corrected chi connectivity index (χ2v) is 6.83. The third-order valence-electron chi connectivity index (χ3n) is 5.24. The number of carbonyl (C=O) groups excluding carboxylic acids is 1. The summed E-state index contributed by atoms with van der Waals surface area (Å²) >= 11 is 0. The van der Waals surface area contributed by atoms with Crippen molar-refractivity contribution >= 4 is 5.91 Å². The third kappa shape index (κ3) is 3.26. The van der Waals surface area contributed by atoms with Gasteiger partial charge in [-0.3, -0.25) is 14.7 Å². The number of pyridine rings is 1. The van der Waals surface area contributed by atoms with Crippen LogP contribution in [0, 0.1) is 17.6 Å². The van der Waals surface area contributed by atoms with E-state index in [9.17, 15) is 13.6 Å². The molecule has 0 saturated carbocycles. The van der Waals surface area contributed by atoms with Crippen LogP contribution in [0.25, 0.3) is 0 Å². The number of nitrogens with one attached hydrogen (secondary N) is 1. The molecule has 2 bridgehead atoms. The van der Waals surface area contributed by atoms with Crippen LogP contribution >= 0.6 is 0 Å². The lowest BCUT2D eigenvalue weighted by molar-refractivity contribution is 0.0901. The largest absolute Gasteiger partial charge is 0.347 e. The van der Waals surface area contributed by atoms with Crippen molar-refractivity contribution in [1.29, 1.82) is 0 Å². The summed E-state index contributed by atoms with van der Waals surface area (Å²) in [7, 11) is 0. The molecule has 0 radical (unpaired) electrons. The van der Waals surface area contributed by atoms with Crippen LogP contribution in [0.3, 0.4) is 0 Å². The summed E-state index contributed by atoms with van der Waals surface area (Å²) in [6.07, 6.45) is 5.41. The summed E-state index contributed by atoms with van der Waals surface area (Å²) < 4.78 is 26.8. The summed E-state index contributed by atoms with van der Waals surface area (Å²) in [4.78, 5) is 19.0. The number of halogens is 2. The first-order valence-electron chi connectivity index (χ1n) is 8.50. The van der Waals surface area contributed by atoms with Gasteiger partial charge in [-0.05, 0) is 49.1 Å². The van der Waals surface area contributed by atoms with Crippen molar-refractivity contribution in [2.75, 3.05) is 13.1 Å². The SMILES string of the molecule is O=C(N[C@@H]1C2CCN(C2)[C@H]1Cc1cccnc1)c1cc(F)cc(F)c1. The molecular weight excluding hydrogens is 324 g/mol. The molecule has 1 aromatic carbocycles. The molecule has 6 heteroatoms. The fourth-order valence-electron chi connectivity index (χ4n) is 4.10. The number of aromatic nitrogens is 1. The summed E-state index contributed by atoms with van der Waals surface area (Å²) in [5, 5.41) is 3.02. The van der Waals surface area contributed by atoms with E-state index < -0.39 is 17.5 Å². The van der Waals surface area contributed by atoms with Crippen molar-refractivity contribution < 1.29 is 13.6 Å². The molecule has 0 aliphatic carbocycles. The van der Waals surface area contributed by atoms with Crippen LogP contribution < -0.4 is 5.32 Å². The smallest absolute Gasteiger partial charge is 0.251 e. The van der Waals surface area contributed by atoms with E-state index in [0.717, 1.165) is 49.7 Å². The van der Waals surface area contributed by atoms with Crippen molar-refractivity contribution in [3.63, 3.8) is 0 Å². The van der Waals surface area contributed by atoms with Gasteiger partial charge in [0.2, 0.25) is 0 Å². The van der Waals surface area contributed by atoms with E-state index in [-0.39, 0.29) is 17.6 Å². The molecular formula is C19H19F2N3O. The highest BCUT2D eigenvalue weighted by Gasteiger charge is 2.46. The molecule has 130 valence electrons. The van der Waals surface area contributed by atoms with Gasteiger partial charge in [0.05, 0.1) is 0 Å². The minimum absolute atomic E-state index is 0.0206. The van der Waals surface area contributed by atoms with Crippen LogP contribution in [0.5, 0.6) is 0 Å². The lowest BCUT2D eigenvalue weighted by atomic mass is 9.90. The van der Waals surface area contributed by atoms with E-state index in [0.29, 0.717) is 5.92 Å². The number of benzene rings is 1. The Hall–Kier alpha value is -2.34. The monoisotopic (exact) mass is 343 g/mol. The fourth-order valence-corrected chi connectivity index (χ4v) is 4.10. The molecule has 3 heterocycles. The molecule has 4 rings (SSSR count). The Kier molecular flexibility index (Phi) is 4.21. The maximum atomic E-state index is 13.4. The molecule has 0 spiro atoms. The summed E-state index contributed by atoms with van der Waals surface area (Å²) in [6.45, 7) is 1.98. The van der Waals surface area contributed by atoms with Gasteiger partial charge in [0.1, 0.15) is 11.6 Å². The lowest BCUT2D eigenvalue weighted by Crippen LogP contribution is -2.51. The lowest BCUT2D eigenvalue weighted by Gasteiger charge is -2.33. The first-order chi connectivity index (χ1) is 12.1. The average molecular weight is 343 g/mol. The van der Waals surface area contributed by atoms with Gasteiger partial charge in [-0.2, -0.15) is 0 Å². The number of piperidine rings is 1.